The van der Waals surface area contributed by atoms with Crippen molar-refractivity contribution in [2.75, 3.05) is 39.2 Å². The molecule has 0 atom stereocenters. The number of carbonyl (C=O) groups excluding carboxylic acids is 1. The Hall–Kier alpha value is -1.55. The number of carbonyl (C=O) groups is 1. The highest BCUT2D eigenvalue weighted by Crippen LogP contribution is 2.14. The van der Waals surface area contributed by atoms with Gasteiger partial charge in [-0.2, -0.15) is 0 Å². The molecule has 0 heterocycles. The van der Waals surface area contributed by atoms with Crippen molar-refractivity contribution in [3.05, 3.63) is 29.8 Å². The van der Waals surface area contributed by atoms with Gasteiger partial charge in [0.15, 0.2) is 0 Å². The molecule has 0 fully saturated rings. The Morgan fingerprint density at radius 2 is 2.00 bits per heavy atom. The summed E-state index contributed by atoms with van der Waals surface area (Å²) in [6, 6.07) is 7.43. The first-order valence-electron chi connectivity index (χ1n) is 5.20. The first-order chi connectivity index (χ1) is 7.56. The lowest BCUT2D eigenvalue weighted by atomic mass is 10.1. The molecule has 0 aliphatic carbocycles. The maximum atomic E-state index is 11.9. The maximum Gasteiger partial charge on any atom is 0.253 e. The van der Waals surface area contributed by atoms with Gasteiger partial charge in [0.2, 0.25) is 0 Å². The van der Waals surface area contributed by atoms with Gasteiger partial charge in [0.05, 0.1) is 6.61 Å². The van der Waals surface area contributed by atoms with Crippen LogP contribution in [0.1, 0.15) is 10.4 Å². The van der Waals surface area contributed by atoms with E-state index < -0.39 is 0 Å². The lowest BCUT2D eigenvalue weighted by Gasteiger charge is -2.17. The summed E-state index contributed by atoms with van der Waals surface area (Å²) < 4.78 is 0. The lowest BCUT2D eigenvalue weighted by molar-refractivity contribution is 0.0767. The molecule has 0 bridgehead atoms. The van der Waals surface area contributed by atoms with Crippen LogP contribution in [0.2, 0.25) is 0 Å². The molecule has 0 aromatic heterocycles. The molecule has 0 radical (unpaired) electrons. The maximum absolute atomic E-state index is 11.9. The molecule has 16 heavy (non-hydrogen) atoms. The van der Waals surface area contributed by atoms with E-state index in [1.165, 1.54) is 4.90 Å². The van der Waals surface area contributed by atoms with Crippen molar-refractivity contribution in [3.63, 3.8) is 0 Å². The summed E-state index contributed by atoms with van der Waals surface area (Å²) in [7, 11) is 5.54. The van der Waals surface area contributed by atoms with Gasteiger partial charge in [-0.1, -0.05) is 6.07 Å². The Morgan fingerprint density at radius 1 is 1.31 bits per heavy atom. The fourth-order valence-electron chi connectivity index (χ4n) is 1.39. The van der Waals surface area contributed by atoms with Crippen LogP contribution < -0.4 is 4.90 Å². The normalized spacial score (nSPS) is 10.0. The molecule has 4 nitrogen and oxygen atoms in total. The highest BCUT2D eigenvalue weighted by atomic mass is 16.3. The van der Waals surface area contributed by atoms with Crippen LogP contribution in [0.5, 0.6) is 0 Å². The van der Waals surface area contributed by atoms with Gasteiger partial charge in [-0.05, 0) is 18.2 Å². The molecule has 1 N–H and O–H groups in total. The molecule has 1 amide bonds. The highest BCUT2D eigenvalue weighted by molar-refractivity contribution is 5.95. The van der Waals surface area contributed by atoms with Crippen LogP contribution in [-0.2, 0) is 0 Å². The Morgan fingerprint density at radius 3 is 2.56 bits per heavy atom. The number of aliphatic hydroxyl groups is 1. The molecule has 0 saturated carbocycles. The number of aliphatic hydroxyl groups excluding tert-OH is 1. The quantitative estimate of drug-likeness (QED) is 0.820. The van der Waals surface area contributed by atoms with E-state index in [2.05, 4.69) is 0 Å². The Bertz CT molecular complexity index is 364. The van der Waals surface area contributed by atoms with Crippen LogP contribution in [0.15, 0.2) is 24.3 Å². The summed E-state index contributed by atoms with van der Waals surface area (Å²) in [5, 5.41) is 8.77. The molecule has 1 rings (SSSR count). The van der Waals surface area contributed by atoms with Gasteiger partial charge in [-0.15, -0.1) is 0 Å². The largest absolute Gasteiger partial charge is 0.395 e. The van der Waals surface area contributed by atoms with Crippen molar-refractivity contribution in [1.29, 1.82) is 0 Å². The van der Waals surface area contributed by atoms with Crippen molar-refractivity contribution < 1.29 is 9.90 Å². The summed E-state index contributed by atoms with van der Waals surface area (Å²) >= 11 is 0. The van der Waals surface area contributed by atoms with E-state index in [4.69, 9.17) is 5.11 Å². The molecule has 4 heteroatoms. The SMILES string of the molecule is CN(CCO)C(=O)c1cccc(N(C)C)c1. The minimum atomic E-state index is -0.0715. The number of nitrogens with zero attached hydrogens (tertiary/aromatic N) is 2. The third kappa shape index (κ3) is 2.97. The first kappa shape index (κ1) is 12.5. The van der Waals surface area contributed by atoms with E-state index in [1.54, 1.807) is 13.1 Å². The number of amides is 1. The second-order valence-electron chi connectivity index (χ2n) is 3.90. The van der Waals surface area contributed by atoms with Gasteiger partial charge in [-0.25, -0.2) is 0 Å². The third-order valence-electron chi connectivity index (χ3n) is 2.39. The number of hydrogen-bond acceptors (Lipinski definition) is 3. The molecule has 1 aromatic rings. The summed E-state index contributed by atoms with van der Waals surface area (Å²) in [6.07, 6.45) is 0. The van der Waals surface area contributed by atoms with Crippen molar-refractivity contribution >= 4 is 11.6 Å². The van der Waals surface area contributed by atoms with Gasteiger partial charge in [0.25, 0.3) is 5.91 Å². The molecule has 0 aliphatic heterocycles. The molecular weight excluding hydrogens is 204 g/mol. The topological polar surface area (TPSA) is 43.8 Å². The van der Waals surface area contributed by atoms with E-state index in [9.17, 15) is 4.79 Å². The minimum Gasteiger partial charge on any atom is -0.395 e. The average Bonchev–Trinajstić information content (AvgIpc) is 2.28. The predicted molar refractivity (Wildman–Crippen MR) is 64.8 cm³/mol. The van der Waals surface area contributed by atoms with Crippen LogP contribution in [-0.4, -0.2) is 50.2 Å². The fraction of sp³-hybridized carbons (Fsp3) is 0.417. The van der Waals surface area contributed by atoms with Crippen LogP contribution in [0.4, 0.5) is 5.69 Å². The van der Waals surface area contributed by atoms with Crippen molar-refractivity contribution in [2.45, 2.75) is 0 Å². The van der Waals surface area contributed by atoms with E-state index in [1.807, 2.05) is 37.2 Å². The molecule has 0 aliphatic rings. The average molecular weight is 222 g/mol. The standard InChI is InChI=1S/C12H18N2O2/c1-13(2)11-6-4-5-10(9-11)12(16)14(3)7-8-15/h4-6,9,15H,7-8H2,1-3H3. The zero-order valence-corrected chi connectivity index (χ0v) is 9.97. The Labute approximate surface area is 96.1 Å². The number of hydrogen-bond donors (Lipinski definition) is 1. The number of rotatable bonds is 4. The van der Waals surface area contributed by atoms with Crippen molar-refractivity contribution in [3.8, 4) is 0 Å². The van der Waals surface area contributed by atoms with Crippen LogP contribution in [0, 0.1) is 0 Å². The fourth-order valence-corrected chi connectivity index (χ4v) is 1.39. The van der Waals surface area contributed by atoms with E-state index in [-0.39, 0.29) is 12.5 Å². The lowest BCUT2D eigenvalue weighted by Crippen LogP contribution is -2.29. The van der Waals surface area contributed by atoms with E-state index in [0.717, 1.165) is 5.69 Å². The molecule has 1 aromatic carbocycles. The number of likely N-dealkylation sites (N-methyl/N-ethyl adjacent to an activating group) is 1. The first-order valence-corrected chi connectivity index (χ1v) is 5.20. The minimum absolute atomic E-state index is 0.0182. The smallest absolute Gasteiger partial charge is 0.253 e. The second kappa shape index (κ2) is 5.51. The number of anilines is 1. The summed E-state index contributed by atoms with van der Waals surface area (Å²) in [4.78, 5) is 15.4. The predicted octanol–water partition coefficient (Wildman–Crippen LogP) is 0.817. The van der Waals surface area contributed by atoms with Gasteiger partial charge in [-0.3, -0.25) is 4.79 Å². The van der Waals surface area contributed by atoms with Crippen molar-refractivity contribution in [1.82, 2.24) is 4.90 Å². The monoisotopic (exact) mass is 222 g/mol. The van der Waals surface area contributed by atoms with Crippen LogP contribution in [0.25, 0.3) is 0 Å². The van der Waals surface area contributed by atoms with Gasteiger partial charge >= 0.3 is 0 Å². The zero-order valence-electron chi connectivity index (χ0n) is 9.97. The molecule has 88 valence electrons. The Balaban J connectivity index is 2.87. The Kier molecular flexibility index (Phi) is 4.31. The number of benzene rings is 1. The van der Waals surface area contributed by atoms with Crippen molar-refractivity contribution in [2.24, 2.45) is 0 Å². The summed E-state index contributed by atoms with van der Waals surface area (Å²) in [5.41, 5.74) is 1.63. The second-order valence-corrected chi connectivity index (χ2v) is 3.90. The zero-order chi connectivity index (χ0) is 12.1. The van der Waals surface area contributed by atoms with Gasteiger partial charge < -0.3 is 14.9 Å². The molecular formula is C12H18N2O2. The summed E-state index contributed by atoms with van der Waals surface area (Å²) in [6.45, 7) is 0.334. The van der Waals surface area contributed by atoms with Crippen LogP contribution >= 0.6 is 0 Å². The molecule has 0 unspecified atom stereocenters. The van der Waals surface area contributed by atoms with E-state index >= 15 is 0 Å². The summed E-state index contributed by atoms with van der Waals surface area (Å²) in [5.74, 6) is -0.0715. The van der Waals surface area contributed by atoms with Gasteiger partial charge in [0.1, 0.15) is 0 Å². The van der Waals surface area contributed by atoms with E-state index in [0.29, 0.717) is 12.1 Å². The molecule has 0 spiro atoms. The third-order valence-corrected chi connectivity index (χ3v) is 2.39. The molecule has 0 saturated heterocycles. The highest BCUT2D eigenvalue weighted by Gasteiger charge is 2.11. The van der Waals surface area contributed by atoms with Gasteiger partial charge in [0, 0.05) is 38.9 Å². The van der Waals surface area contributed by atoms with Crippen LogP contribution in [0.3, 0.4) is 0 Å².